The Balaban J connectivity index is 2.16. The summed E-state index contributed by atoms with van der Waals surface area (Å²) in [4.78, 5) is 16.5. The first-order valence-electron chi connectivity index (χ1n) is 6.81. The molecule has 2 aromatic rings. The number of carbonyl (C=O) groups excluding carboxylic acids is 1. The van der Waals surface area contributed by atoms with Crippen LogP contribution in [-0.4, -0.2) is 11.0 Å². The van der Waals surface area contributed by atoms with Crippen molar-refractivity contribution in [3.63, 3.8) is 0 Å². The number of thiazole rings is 1. The third-order valence-electron chi connectivity index (χ3n) is 3.39. The number of nitrogens with one attached hydrogen (secondary N) is 2. The largest absolute Gasteiger partial charge is 0.326 e. The molecule has 0 saturated carbocycles. The van der Waals surface area contributed by atoms with Gasteiger partial charge in [-0.25, -0.2) is 18.6 Å². The zero-order chi connectivity index (χ0) is 16.3. The molecule has 2 amide bonds. The number of hydrogen-bond donors (Lipinski definition) is 2. The first-order chi connectivity index (χ1) is 10.4. The van der Waals surface area contributed by atoms with Crippen molar-refractivity contribution in [1.82, 2.24) is 10.3 Å². The molecular formula is C15H17F2N3OS. The van der Waals surface area contributed by atoms with Crippen LogP contribution in [0.2, 0.25) is 0 Å². The number of carbonyl (C=O) groups is 1. The van der Waals surface area contributed by atoms with Crippen molar-refractivity contribution >= 4 is 23.1 Å². The highest BCUT2D eigenvalue weighted by atomic mass is 32.1. The summed E-state index contributed by atoms with van der Waals surface area (Å²) in [5, 5.41) is 7.60. The second-order valence-corrected chi connectivity index (χ2v) is 6.01. The molecule has 0 aliphatic carbocycles. The van der Waals surface area contributed by atoms with E-state index in [2.05, 4.69) is 15.6 Å². The van der Waals surface area contributed by atoms with Crippen molar-refractivity contribution in [2.24, 2.45) is 0 Å². The van der Waals surface area contributed by atoms with Crippen molar-refractivity contribution in [2.75, 3.05) is 5.32 Å². The molecule has 0 bridgehead atoms. The van der Waals surface area contributed by atoms with E-state index in [1.807, 2.05) is 26.2 Å². The molecule has 1 unspecified atom stereocenters. The molecule has 0 aliphatic rings. The highest BCUT2D eigenvalue weighted by Crippen LogP contribution is 2.28. The van der Waals surface area contributed by atoms with Gasteiger partial charge in [-0.15, -0.1) is 11.3 Å². The third-order valence-corrected chi connectivity index (χ3v) is 4.61. The van der Waals surface area contributed by atoms with Crippen molar-refractivity contribution < 1.29 is 13.6 Å². The fourth-order valence-electron chi connectivity index (χ4n) is 1.91. The van der Waals surface area contributed by atoms with Crippen LogP contribution in [0.25, 0.3) is 0 Å². The van der Waals surface area contributed by atoms with Gasteiger partial charge >= 0.3 is 6.03 Å². The minimum Gasteiger partial charge on any atom is -0.326 e. The summed E-state index contributed by atoms with van der Waals surface area (Å²) < 4.78 is 27.1. The number of aromatic nitrogens is 1. The van der Waals surface area contributed by atoms with E-state index in [1.165, 1.54) is 17.4 Å². The van der Waals surface area contributed by atoms with Crippen molar-refractivity contribution in [2.45, 2.75) is 32.7 Å². The number of amides is 2. The van der Waals surface area contributed by atoms with E-state index in [9.17, 15) is 13.6 Å². The van der Waals surface area contributed by atoms with Crippen LogP contribution >= 0.6 is 11.3 Å². The Labute approximate surface area is 131 Å². The van der Waals surface area contributed by atoms with E-state index in [1.54, 1.807) is 0 Å². The van der Waals surface area contributed by atoms with E-state index in [0.29, 0.717) is 6.42 Å². The predicted molar refractivity (Wildman–Crippen MR) is 83.0 cm³/mol. The summed E-state index contributed by atoms with van der Waals surface area (Å²) in [5.41, 5.74) is -0.305. The van der Waals surface area contributed by atoms with Crippen LogP contribution < -0.4 is 10.6 Å². The SMILES string of the molecule is CCC(C)(NC(=O)Nc1c(F)cccc1F)c1nc(C)cs1. The number of aryl methyl sites for hydroxylation is 1. The molecule has 2 N–H and O–H groups in total. The number of nitrogens with zero attached hydrogens (tertiary/aromatic N) is 1. The van der Waals surface area contributed by atoms with E-state index in [0.717, 1.165) is 22.8 Å². The number of halogens is 2. The van der Waals surface area contributed by atoms with Crippen LogP contribution in [-0.2, 0) is 5.54 Å². The van der Waals surface area contributed by atoms with Gasteiger partial charge in [-0.05, 0) is 32.4 Å². The molecule has 0 radical (unpaired) electrons. The normalized spacial score (nSPS) is 13.5. The Morgan fingerprint density at radius 3 is 2.50 bits per heavy atom. The number of benzene rings is 1. The van der Waals surface area contributed by atoms with Gasteiger partial charge in [0.05, 0.1) is 5.54 Å². The van der Waals surface area contributed by atoms with Crippen LogP contribution in [0.1, 0.15) is 31.0 Å². The highest BCUT2D eigenvalue weighted by Gasteiger charge is 2.30. The lowest BCUT2D eigenvalue weighted by Gasteiger charge is -2.27. The zero-order valence-corrected chi connectivity index (χ0v) is 13.4. The summed E-state index contributed by atoms with van der Waals surface area (Å²) >= 11 is 1.43. The maximum absolute atomic E-state index is 13.6. The van der Waals surface area contributed by atoms with Gasteiger partial charge in [0.2, 0.25) is 0 Å². The van der Waals surface area contributed by atoms with Gasteiger partial charge in [-0.2, -0.15) is 0 Å². The maximum atomic E-state index is 13.6. The Bertz CT molecular complexity index is 669. The molecule has 0 spiro atoms. The van der Waals surface area contributed by atoms with E-state index in [-0.39, 0.29) is 0 Å². The maximum Gasteiger partial charge on any atom is 0.320 e. The lowest BCUT2D eigenvalue weighted by Crippen LogP contribution is -2.45. The molecule has 0 fully saturated rings. The van der Waals surface area contributed by atoms with Gasteiger partial charge in [0.15, 0.2) is 0 Å². The Morgan fingerprint density at radius 2 is 2.00 bits per heavy atom. The summed E-state index contributed by atoms with van der Waals surface area (Å²) in [6.07, 6.45) is 0.590. The van der Waals surface area contributed by atoms with Crippen LogP contribution in [0.15, 0.2) is 23.6 Å². The van der Waals surface area contributed by atoms with Crippen LogP contribution in [0.5, 0.6) is 0 Å². The number of hydrogen-bond acceptors (Lipinski definition) is 3. The van der Waals surface area contributed by atoms with E-state index < -0.39 is 28.9 Å². The van der Waals surface area contributed by atoms with E-state index >= 15 is 0 Å². The second-order valence-electron chi connectivity index (χ2n) is 5.16. The molecule has 0 aliphatic heterocycles. The van der Waals surface area contributed by atoms with Crippen molar-refractivity contribution in [3.05, 3.63) is 45.9 Å². The van der Waals surface area contributed by atoms with Crippen LogP contribution in [0.4, 0.5) is 19.3 Å². The number of rotatable bonds is 4. The van der Waals surface area contributed by atoms with Crippen LogP contribution in [0, 0.1) is 18.6 Å². The average Bonchev–Trinajstić information content (AvgIpc) is 2.90. The van der Waals surface area contributed by atoms with Crippen LogP contribution in [0.3, 0.4) is 0 Å². The lowest BCUT2D eigenvalue weighted by atomic mass is 10.0. The molecule has 0 saturated heterocycles. The number of anilines is 1. The highest BCUT2D eigenvalue weighted by molar-refractivity contribution is 7.09. The molecule has 1 aromatic carbocycles. The topological polar surface area (TPSA) is 54.0 Å². The smallest absolute Gasteiger partial charge is 0.320 e. The summed E-state index contributed by atoms with van der Waals surface area (Å²) in [6, 6.07) is 2.73. The fraction of sp³-hybridized carbons (Fsp3) is 0.333. The molecule has 1 atom stereocenters. The average molecular weight is 325 g/mol. The van der Waals surface area contributed by atoms with Gasteiger partial charge in [0.25, 0.3) is 0 Å². The fourth-order valence-corrected chi connectivity index (χ4v) is 2.90. The Morgan fingerprint density at radius 1 is 1.36 bits per heavy atom. The zero-order valence-electron chi connectivity index (χ0n) is 12.5. The lowest BCUT2D eigenvalue weighted by molar-refractivity contribution is 0.237. The molecule has 1 aromatic heterocycles. The summed E-state index contributed by atoms with van der Waals surface area (Å²) in [7, 11) is 0. The molecular weight excluding hydrogens is 308 g/mol. The summed E-state index contributed by atoms with van der Waals surface area (Å²) in [6.45, 7) is 5.59. The van der Waals surface area contributed by atoms with Crippen molar-refractivity contribution in [1.29, 1.82) is 0 Å². The van der Waals surface area contributed by atoms with Crippen molar-refractivity contribution in [3.8, 4) is 0 Å². The Kier molecular flexibility index (Phi) is 4.75. The molecule has 2 rings (SSSR count). The minimum atomic E-state index is -0.821. The minimum absolute atomic E-state index is 0.464. The summed E-state index contributed by atoms with van der Waals surface area (Å²) in [5.74, 6) is -1.64. The standard InChI is InChI=1S/C15H17F2N3OS/c1-4-15(3,13-18-9(2)8-22-13)20-14(21)19-12-10(16)6-5-7-11(12)17/h5-8H,4H2,1-3H3,(H2,19,20,21). The number of para-hydroxylation sites is 1. The monoisotopic (exact) mass is 325 g/mol. The van der Waals surface area contributed by atoms with Gasteiger partial charge in [-0.3, -0.25) is 0 Å². The third kappa shape index (κ3) is 3.41. The molecule has 1 heterocycles. The second kappa shape index (κ2) is 6.39. The first-order valence-corrected chi connectivity index (χ1v) is 7.69. The quantitative estimate of drug-likeness (QED) is 0.886. The first kappa shape index (κ1) is 16.4. The van der Waals surface area contributed by atoms with Gasteiger partial charge in [0, 0.05) is 11.1 Å². The predicted octanol–water partition coefficient (Wildman–Crippen LogP) is 4.18. The van der Waals surface area contributed by atoms with E-state index in [4.69, 9.17) is 0 Å². The number of urea groups is 1. The molecule has 7 heteroatoms. The Hall–Kier alpha value is -2.02. The molecule has 22 heavy (non-hydrogen) atoms. The van der Waals surface area contributed by atoms with Gasteiger partial charge < -0.3 is 10.6 Å². The molecule has 118 valence electrons. The van der Waals surface area contributed by atoms with Gasteiger partial charge in [0.1, 0.15) is 22.3 Å². The molecule has 4 nitrogen and oxygen atoms in total. The van der Waals surface area contributed by atoms with Gasteiger partial charge in [-0.1, -0.05) is 13.0 Å².